The van der Waals surface area contributed by atoms with Crippen LogP contribution in [0.25, 0.3) is 0 Å². The molecule has 6 unspecified atom stereocenters. The van der Waals surface area contributed by atoms with Gasteiger partial charge in [0.05, 0.1) is 6.10 Å². The Morgan fingerprint density at radius 2 is 1.81 bits per heavy atom. The van der Waals surface area contributed by atoms with Crippen LogP contribution in [0.1, 0.15) is 98.8 Å². The predicted molar refractivity (Wildman–Crippen MR) is 126 cm³/mol. The molecule has 0 fully saturated rings. The Bertz CT molecular complexity index is 662. The largest absolute Gasteiger partial charge is 0.462 e. The van der Waals surface area contributed by atoms with Gasteiger partial charge in [0, 0.05) is 12.3 Å². The Morgan fingerprint density at radius 1 is 1.10 bits per heavy atom. The van der Waals surface area contributed by atoms with E-state index >= 15 is 0 Å². The highest BCUT2D eigenvalue weighted by Gasteiger charge is 2.36. The van der Waals surface area contributed by atoms with E-state index in [1.807, 2.05) is 13.8 Å². The number of esters is 1. The van der Waals surface area contributed by atoms with Crippen LogP contribution >= 0.6 is 0 Å². The molecule has 0 aliphatic heterocycles. The number of aliphatic hydroxyl groups is 1. The molecule has 0 aromatic heterocycles. The zero-order chi connectivity index (χ0) is 23.0. The van der Waals surface area contributed by atoms with Crippen LogP contribution in [0.15, 0.2) is 23.3 Å². The summed E-state index contributed by atoms with van der Waals surface area (Å²) in [7, 11) is 0. The van der Waals surface area contributed by atoms with Crippen molar-refractivity contribution in [1.29, 1.82) is 0 Å². The maximum Gasteiger partial charge on any atom is 0.305 e. The molecule has 6 atom stereocenters. The van der Waals surface area contributed by atoms with Crippen LogP contribution in [-0.2, 0) is 14.3 Å². The van der Waals surface area contributed by atoms with Crippen molar-refractivity contribution in [3.63, 3.8) is 0 Å². The number of carbonyl (C=O) groups is 2. The minimum Gasteiger partial charge on any atom is -0.462 e. The molecule has 0 aromatic carbocycles. The maximum absolute atomic E-state index is 13.0. The summed E-state index contributed by atoms with van der Waals surface area (Å²) in [5, 5.41) is 10.1. The van der Waals surface area contributed by atoms with Gasteiger partial charge in [-0.3, -0.25) is 9.59 Å². The highest BCUT2D eigenvalue weighted by atomic mass is 16.5. The van der Waals surface area contributed by atoms with Crippen molar-refractivity contribution >= 4 is 11.8 Å². The Kier molecular flexibility index (Phi) is 10.5. The zero-order valence-electron chi connectivity index (χ0n) is 20.4. The van der Waals surface area contributed by atoms with E-state index in [1.165, 1.54) is 5.57 Å². The molecular formula is C27H44O4. The lowest BCUT2D eigenvalue weighted by Gasteiger charge is -2.31. The van der Waals surface area contributed by atoms with Crippen LogP contribution in [0, 0.1) is 23.7 Å². The molecule has 2 aliphatic carbocycles. The third-order valence-electron chi connectivity index (χ3n) is 7.35. The molecule has 31 heavy (non-hydrogen) atoms. The van der Waals surface area contributed by atoms with E-state index in [0.29, 0.717) is 30.0 Å². The Labute approximate surface area is 189 Å². The summed E-state index contributed by atoms with van der Waals surface area (Å²) < 4.78 is 5.45. The maximum atomic E-state index is 13.0. The van der Waals surface area contributed by atoms with E-state index < -0.39 is 0 Å². The van der Waals surface area contributed by atoms with Crippen molar-refractivity contribution in [2.75, 3.05) is 0 Å². The van der Waals surface area contributed by atoms with E-state index in [4.69, 9.17) is 4.74 Å². The van der Waals surface area contributed by atoms with Crippen molar-refractivity contribution in [3.8, 4) is 0 Å². The van der Waals surface area contributed by atoms with Gasteiger partial charge in [0.2, 0.25) is 0 Å². The average Bonchev–Trinajstić information content (AvgIpc) is 3.17. The van der Waals surface area contributed by atoms with Gasteiger partial charge >= 0.3 is 5.97 Å². The lowest BCUT2D eigenvalue weighted by molar-refractivity contribution is -0.149. The van der Waals surface area contributed by atoms with E-state index in [-0.39, 0.29) is 24.1 Å². The summed E-state index contributed by atoms with van der Waals surface area (Å²) in [5.74, 6) is 1.58. The normalized spacial score (nSPS) is 25.8. The number of carbonyl (C=O) groups excluding carboxylic acids is 2. The molecule has 1 N–H and O–H groups in total. The number of aliphatic hydroxyl groups excluding tert-OH is 1. The van der Waals surface area contributed by atoms with Gasteiger partial charge in [0.1, 0.15) is 6.10 Å². The molecule has 176 valence electrons. The summed E-state index contributed by atoms with van der Waals surface area (Å²) in [5.41, 5.74) is 2.41. The molecule has 0 radical (unpaired) electrons. The van der Waals surface area contributed by atoms with Gasteiger partial charge < -0.3 is 9.84 Å². The number of ketones is 1. The van der Waals surface area contributed by atoms with Crippen LogP contribution < -0.4 is 0 Å². The quantitative estimate of drug-likeness (QED) is 0.215. The minimum absolute atomic E-state index is 0.00771. The van der Waals surface area contributed by atoms with Crippen LogP contribution in [0.3, 0.4) is 0 Å². The molecule has 2 rings (SSSR count). The molecule has 0 saturated carbocycles. The molecular weight excluding hydrogens is 388 g/mol. The van der Waals surface area contributed by atoms with Gasteiger partial charge in [0.25, 0.3) is 0 Å². The molecule has 0 amide bonds. The van der Waals surface area contributed by atoms with E-state index in [2.05, 4.69) is 32.9 Å². The van der Waals surface area contributed by atoms with Crippen LogP contribution in [0.5, 0.6) is 0 Å². The van der Waals surface area contributed by atoms with Crippen LogP contribution in [0.4, 0.5) is 0 Å². The molecule has 0 heterocycles. The van der Waals surface area contributed by atoms with Gasteiger partial charge in [-0.05, 0) is 81.6 Å². The fraction of sp³-hybridized carbons (Fsp3) is 0.778. The third-order valence-corrected chi connectivity index (χ3v) is 7.35. The fourth-order valence-electron chi connectivity index (χ4n) is 5.11. The van der Waals surface area contributed by atoms with Gasteiger partial charge in [-0.25, -0.2) is 0 Å². The molecule has 0 aromatic rings. The van der Waals surface area contributed by atoms with E-state index in [0.717, 1.165) is 63.4 Å². The summed E-state index contributed by atoms with van der Waals surface area (Å²) in [6, 6.07) is 0. The number of fused-ring (bicyclic) bond motifs is 1. The van der Waals surface area contributed by atoms with Crippen molar-refractivity contribution in [1.82, 2.24) is 0 Å². The second-order valence-electron chi connectivity index (χ2n) is 9.79. The SMILES string of the molecule is CCC(=O)OC(CC)CCCCC(C)C(=O)C1=CC2CC(CC(O)CC)C(C)=CC2C1. The lowest BCUT2D eigenvalue weighted by Crippen LogP contribution is -2.23. The van der Waals surface area contributed by atoms with E-state index in [9.17, 15) is 14.7 Å². The summed E-state index contributed by atoms with van der Waals surface area (Å²) >= 11 is 0. The van der Waals surface area contributed by atoms with Crippen LogP contribution in [0.2, 0.25) is 0 Å². The first-order valence-corrected chi connectivity index (χ1v) is 12.6. The van der Waals surface area contributed by atoms with Gasteiger partial charge in [-0.1, -0.05) is 51.8 Å². The number of Topliss-reactive ketones (excluding diaryl/α,β-unsaturated/α-hetero) is 1. The Morgan fingerprint density at radius 3 is 2.45 bits per heavy atom. The third kappa shape index (κ3) is 7.59. The number of unbranched alkanes of at least 4 members (excludes halogenated alkanes) is 1. The first-order chi connectivity index (χ1) is 14.8. The van der Waals surface area contributed by atoms with Crippen molar-refractivity contribution in [2.45, 2.75) is 111 Å². The van der Waals surface area contributed by atoms with Crippen molar-refractivity contribution in [3.05, 3.63) is 23.3 Å². The standard InChI is InChI=1S/C27H44O4/c1-6-24(28)17-20-14-22-16-23(15-21(22)13-19(20)5)27(30)18(4)11-9-10-12-25(7-2)31-26(29)8-3/h13,16,18,20-22,24-25,28H,6-12,14-15,17H2,1-5H3. The number of allylic oxidation sites excluding steroid dienone is 4. The molecule has 0 saturated heterocycles. The topological polar surface area (TPSA) is 63.6 Å². The molecule has 4 nitrogen and oxygen atoms in total. The van der Waals surface area contributed by atoms with Gasteiger partial charge in [-0.2, -0.15) is 0 Å². The molecule has 4 heteroatoms. The molecule has 0 bridgehead atoms. The smallest absolute Gasteiger partial charge is 0.305 e. The highest BCUT2D eigenvalue weighted by molar-refractivity contribution is 5.97. The highest BCUT2D eigenvalue weighted by Crippen LogP contribution is 2.44. The first kappa shape index (κ1) is 25.8. The average molecular weight is 433 g/mol. The second-order valence-corrected chi connectivity index (χ2v) is 9.79. The predicted octanol–water partition coefficient (Wildman–Crippen LogP) is 6.17. The van der Waals surface area contributed by atoms with E-state index in [1.54, 1.807) is 0 Å². The van der Waals surface area contributed by atoms with Crippen LogP contribution in [-0.4, -0.2) is 29.1 Å². The first-order valence-electron chi connectivity index (χ1n) is 12.6. The summed E-state index contributed by atoms with van der Waals surface area (Å²) in [4.78, 5) is 24.5. The monoisotopic (exact) mass is 432 g/mol. The summed E-state index contributed by atoms with van der Waals surface area (Å²) in [6.45, 7) is 10.1. The number of rotatable bonds is 13. The Hall–Kier alpha value is -1.42. The van der Waals surface area contributed by atoms with Crippen molar-refractivity contribution < 1.29 is 19.4 Å². The lowest BCUT2D eigenvalue weighted by atomic mass is 9.75. The molecule has 0 spiro atoms. The summed E-state index contributed by atoms with van der Waals surface area (Å²) in [6.07, 6.45) is 13.0. The van der Waals surface area contributed by atoms with Gasteiger partial charge in [0.15, 0.2) is 5.78 Å². The second kappa shape index (κ2) is 12.6. The fourth-order valence-corrected chi connectivity index (χ4v) is 5.11. The Balaban J connectivity index is 1.80. The zero-order valence-corrected chi connectivity index (χ0v) is 20.4. The van der Waals surface area contributed by atoms with Crippen molar-refractivity contribution in [2.24, 2.45) is 23.7 Å². The van der Waals surface area contributed by atoms with Gasteiger partial charge in [-0.15, -0.1) is 0 Å². The number of hydrogen-bond acceptors (Lipinski definition) is 4. The minimum atomic E-state index is -0.228. The number of hydrogen-bond donors (Lipinski definition) is 1. The molecule has 2 aliphatic rings. The number of ether oxygens (including phenoxy) is 1.